The molecule has 5 heteroatoms. The summed E-state index contributed by atoms with van der Waals surface area (Å²) in [5, 5.41) is 8.91. The Balaban J connectivity index is 3.19. The van der Waals surface area contributed by atoms with E-state index in [4.69, 9.17) is 9.84 Å². The van der Waals surface area contributed by atoms with E-state index in [1.165, 1.54) is 0 Å². The number of ether oxygens (including phenoxy) is 1. The topological polar surface area (TPSA) is 46.5 Å². The molecular formula is C10H10I2O3. The van der Waals surface area contributed by atoms with Crippen LogP contribution in [0.5, 0.6) is 5.75 Å². The number of carbonyl (C=O) groups is 1. The molecule has 1 N–H and O–H groups in total. The largest absolute Gasteiger partial charge is 0.495 e. The van der Waals surface area contributed by atoms with E-state index in [2.05, 4.69) is 45.2 Å². The predicted octanol–water partition coefficient (Wildman–Crippen LogP) is 3.09. The number of carboxylic acids is 1. The van der Waals surface area contributed by atoms with E-state index >= 15 is 0 Å². The molecule has 0 spiro atoms. The summed E-state index contributed by atoms with van der Waals surface area (Å²) in [5.74, 6) is -0.498. The third-order valence-corrected chi connectivity index (χ3v) is 3.70. The van der Waals surface area contributed by atoms with Crippen LogP contribution in [0.1, 0.15) is 18.4 Å². The minimum Gasteiger partial charge on any atom is -0.495 e. The van der Waals surface area contributed by atoms with Gasteiger partial charge in [0.1, 0.15) is 5.75 Å². The second kappa shape index (κ2) is 5.33. The van der Waals surface area contributed by atoms with Gasteiger partial charge in [0.05, 0.1) is 20.2 Å². The summed E-state index contributed by atoms with van der Waals surface area (Å²) in [6.07, 6.45) is 0. The highest BCUT2D eigenvalue weighted by molar-refractivity contribution is 14.1. The average Bonchev–Trinajstić information content (AvgIpc) is 2.15. The van der Waals surface area contributed by atoms with Gasteiger partial charge in [-0.2, -0.15) is 0 Å². The zero-order chi connectivity index (χ0) is 11.6. The molecule has 1 rings (SSSR count). The Hall–Kier alpha value is -0.0500. The van der Waals surface area contributed by atoms with Crippen LogP contribution in [0.3, 0.4) is 0 Å². The standard InChI is InChI=1S/C10H10I2O3/c1-5(10(13)14)6-3-7(11)9(15-2)8(12)4-6/h3-5H,1-2H3,(H,13,14). The van der Waals surface area contributed by atoms with Gasteiger partial charge in [0.2, 0.25) is 0 Å². The number of rotatable bonds is 3. The minimum absolute atomic E-state index is 0.488. The number of hydrogen-bond donors (Lipinski definition) is 1. The third-order valence-electron chi connectivity index (χ3n) is 2.10. The Labute approximate surface area is 115 Å². The minimum atomic E-state index is -0.813. The lowest BCUT2D eigenvalue weighted by atomic mass is 10.0. The molecule has 0 bridgehead atoms. The Morgan fingerprint density at radius 3 is 2.20 bits per heavy atom. The van der Waals surface area contributed by atoms with E-state index in [0.717, 1.165) is 18.5 Å². The van der Waals surface area contributed by atoms with Crippen molar-refractivity contribution >= 4 is 51.2 Å². The fourth-order valence-electron chi connectivity index (χ4n) is 1.17. The zero-order valence-electron chi connectivity index (χ0n) is 8.25. The molecule has 3 nitrogen and oxygen atoms in total. The number of benzene rings is 1. The molecule has 1 unspecified atom stereocenters. The van der Waals surface area contributed by atoms with Crippen molar-refractivity contribution in [3.8, 4) is 5.75 Å². The van der Waals surface area contributed by atoms with Gasteiger partial charge in [-0.15, -0.1) is 0 Å². The summed E-state index contributed by atoms with van der Waals surface area (Å²) in [6, 6.07) is 3.70. The van der Waals surface area contributed by atoms with Crippen molar-refractivity contribution in [3.05, 3.63) is 24.8 Å². The molecule has 1 aromatic carbocycles. The second-order valence-electron chi connectivity index (χ2n) is 3.08. The maximum Gasteiger partial charge on any atom is 0.310 e. The van der Waals surface area contributed by atoms with E-state index in [-0.39, 0.29) is 0 Å². The smallest absolute Gasteiger partial charge is 0.310 e. The molecule has 0 aromatic heterocycles. The van der Waals surface area contributed by atoms with Crippen molar-refractivity contribution in [3.63, 3.8) is 0 Å². The highest BCUT2D eigenvalue weighted by Gasteiger charge is 2.17. The van der Waals surface area contributed by atoms with Gasteiger partial charge in [0, 0.05) is 0 Å². The molecule has 0 saturated heterocycles. The number of methoxy groups -OCH3 is 1. The highest BCUT2D eigenvalue weighted by atomic mass is 127. The molecule has 15 heavy (non-hydrogen) atoms. The molecule has 82 valence electrons. The van der Waals surface area contributed by atoms with Crippen molar-refractivity contribution in [1.82, 2.24) is 0 Å². The Bertz CT molecular complexity index is 367. The van der Waals surface area contributed by atoms with Crippen LogP contribution in [-0.4, -0.2) is 18.2 Å². The number of hydrogen-bond acceptors (Lipinski definition) is 2. The van der Waals surface area contributed by atoms with Crippen LogP contribution in [-0.2, 0) is 4.79 Å². The van der Waals surface area contributed by atoms with Crippen molar-refractivity contribution < 1.29 is 14.6 Å². The molecule has 0 saturated carbocycles. The van der Waals surface area contributed by atoms with E-state index in [1.807, 2.05) is 12.1 Å². The summed E-state index contributed by atoms with van der Waals surface area (Å²) in [5.41, 5.74) is 0.803. The van der Waals surface area contributed by atoms with Crippen LogP contribution in [0.2, 0.25) is 0 Å². The SMILES string of the molecule is COc1c(I)cc(C(C)C(=O)O)cc1I. The maximum absolute atomic E-state index is 10.8. The number of halogens is 2. The van der Waals surface area contributed by atoms with Gasteiger partial charge in [0.15, 0.2) is 0 Å². The van der Waals surface area contributed by atoms with Gasteiger partial charge < -0.3 is 9.84 Å². The van der Waals surface area contributed by atoms with E-state index < -0.39 is 11.9 Å². The van der Waals surface area contributed by atoms with Crippen molar-refractivity contribution in [1.29, 1.82) is 0 Å². The van der Waals surface area contributed by atoms with Crippen molar-refractivity contribution in [2.75, 3.05) is 7.11 Å². The second-order valence-corrected chi connectivity index (χ2v) is 5.40. The lowest BCUT2D eigenvalue weighted by Crippen LogP contribution is -2.08. The van der Waals surface area contributed by atoms with Crippen molar-refractivity contribution in [2.45, 2.75) is 12.8 Å². The monoisotopic (exact) mass is 432 g/mol. The Morgan fingerprint density at radius 2 is 1.87 bits per heavy atom. The molecule has 0 heterocycles. The van der Waals surface area contributed by atoms with Crippen LogP contribution >= 0.6 is 45.2 Å². The van der Waals surface area contributed by atoms with E-state index in [0.29, 0.717) is 0 Å². The predicted molar refractivity (Wildman–Crippen MR) is 74.5 cm³/mol. The first-order chi connectivity index (χ1) is 6.97. The first-order valence-corrected chi connectivity index (χ1v) is 6.38. The van der Waals surface area contributed by atoms with Gasteiger partial charge in [0.25, 0.3) is 0 Å². The average molecular weight is 432 g/mol. The molecule has 1 aromatic rings. The third kappa shape index (κ3) is 2.96. The van der Waals surface area contributed by atoms with Crippen LogP contribution in [0.4, 0.5) is 0 Å². The summed E-state index contributed by atoms with van der Waals surface area (Å²) in [4.78, 5) is 10.8. The number of carboxylic acid groups (broad SMARTS) is 1. The first-order valence-electron chi connectivity index (χ1n) is 4.23. The summed E-state index contributed by atoms with van der Waals surface area (Å²) in [7, 11) is 1.61. The lowest BCUT2D eigenvalue weighted by Gasteiger charge is -2.11. The van der Waals surface area contributed by atoms with E-state index in [9.17, 15) is 4.79 Å². The van der Waals surface area contributed by atoms with Crippen LogP contribution in [0.25, 0.3) is 0 Å². The Kier molecular flexibility index (Phi) is 4.63. The number of aliphatic carboxylic acids is 1. The molecule has 0 amide bonds. The van der Waals surface area contributed by atoms with Gasteiger partial charge in [-0.1, -0.05) is 0 Å². The van der Waals surface area contributed by atoms with Crippen LogP contribution in [0.15, 0.2) is 12.1 Å². The van der Waals surface area contributed by atoms with Crippen LogP contribution < -0.4 is 4.74 Å². The summed E-state index contributed by atoms with van der Waals surface area (Å²) >= 11 is 4.29. The molecule has 0 radical (unpaired) electrons. The maximum atomic E-state index is 10.8. The van der Waals surface area contributed by atoms with Gasteiger partial charge in [-0.25, -0.2) is 0 Å². The molecule has 1 atom stereocenters. The normalized spacial score (nSPS) is 12.3. The summed E-state index contributed by atoms with van der Waals surface area (Å²) < 4.78 is 7.08. The molecular weight excluding hydrogens is 422 g/mol. The highest BCUT2D eigenvalue weighted by Crippen LogP contribution is 2.31. The molecule has 0 aliphatic heterocycles. The molecule has 0 aliphatic carbocycles. The molecule has 0 aliphatic rings. The Morgan fingerprint density at radius 1 is 1.40 bits per heavy atom. The zero-order valence-corrected chi connectivity index (χ0v) is 12.6. The fourth-order valence-corrected chi connectivity index (χ4v) is 3.42. The van der Waals surface area contributed by atoms with E-state index in [1.54, 1.807) is 14.0 Å². The van der Waals surface area contributed by atoms with Crippen LogP contribution in [0, 0.1) is 7.14 Å². The molecule has 0 fully saturated rings. The lowest BCUT2D eigenvalue weighted by molar-refractivity contribution is -0.138. The van der Waals surface area contributed by atoms with Gasteiger partial charge >= 0.3 is 5.97 Å². The van der Waals surface area contributed by atoms with Gasteiger partial charge in [-0.05, 0) is 69.8 Å². The first kappa shape index (κ1) is 13.0. The fraction of sp³-hybridized carbons (Fsp3) is 0.300. The van der Waals surface area contributed by atoms with Crippen molar-refractivity contribution in [2.24, 2.45) is 0 Å². The quantitative estimate of drug-likeness (QED) is 0.748. The van der Waals surface area contributed by atoms with Gasteiger partial charge in [-0.3, -0.25) is 4.79 Å². The summed E-state index contributed by atoms with van der Waals surface area (Å²) in [6.45, 7) is 1.68.